The van der Waals surface area contributed by atoms with Gasteiger partial charge in [0.1, 0.15) is 5.82 Å². The van der Waals surface area contributed by atoms with E-state index in [9.17, 15) is 4.39 Å². The molecule has 0 spiro atoms. The van der Waals surface area contributed by atoms with Gasteiger partial charge in [0.2, 0.25) is 0 Å². The van der Waals surface area contributed by atoms with Gasteiger partial charge in [-0.25, -0.2) is 4.39 Å². The Morgan fingerprint density at radius 1 is 1.14 bits per heavy atom. The molecule has 0 saturated heterocycles. The minimum absolute atomic E-state index is 0.130. The highest BCUT2D eigenvalue weighted by Gasteiger charge is 2.24. The standard InChI is InChI=1S/C16H22FNS.C2H6/c1-11-2-4-12(5-3-11)6-9-16-18-14-8-7-13(17)10-15(14)19-16;1-2/h7-8,10-12,16,18H,2-6,9H2,1H3;1-2H3. The van der Waals surface area contributed by atoms with Gasteiger partial charge >= 0.3 is 0 Å². The summed E-state index contributed by atoms with van der Waals surface area (Å²) in [5, 5.41) is 3.95. The highest BCUT2D eigenvalue weighted by molar-refractivity contribution is 8.00. The maximum atomic E-state index is 13.2. The first-order chi connectivity index (χ1) is 10.2. The minimum Gasteiger partial charge on any atom is -0.372 e. The lowest BCUT2D eigenvalue weighted by Gasteiger charge is -2.26. The third-order valence-corrected chi connectivity index (χ3v) is 5.73. The van der Waals surface area contributed by atoms with Crippen molar-refractivity contribution in [2.45, 2.75) is 69.6 Å². The summed E-state index contributed by atoms with van der Waals surface area (Å²) >= 11 is 1.79. The molecule has 0 aromatic heterocycles. The number of fused-ring (bicyclic) bond motifs is 1. The predicted octanol–water partition coefficient (Wildman–Crippen LogP) is 6.30. The summed E-state index contributed by atoms with van der Waals surface area (Å²) in [5.41, 5.74) is 1.11. The van der Waals surface area contributed by atoms with Crippen molar-refractivity contribution in [3.63, 3.8) is 0 Å². The van der Waals surface area contributed by atoms with Crippen LogP contribution < -0.4 is 5.32 Å². The second kappa shape index (κ2) is 8.07. The SMILES string of the molecule is CC.CC1CCC(CCC2Nc3ccc(F)cc3S2)CC1. The molecule has 1 atom stereocenters. The average Bonchev–Trinajstić information content (AvgIpc) is 2.91. The first kappa shape index (κ1) is 16.7. The van der Waals surface area contributed by atoms with Crippen molar-refractivity contribution in [2.75, 3.05) is 5.32 Å². The van der Waals surface area contributed by atoms with Gasteiger partial charge in [-0.15, -0.1) is 0 Å². The third-order valence-electron chi connectivity index (χ3n) is 4.50. The summed E-state index contributed by atoms with van der Waals surface area (Å²) in [5.74, 6) is 1.72. The molecule has 0 radical (unpaired) electrons. The lowest BCUT2D eigenvalue weighted by Crippen LogP contribution is -2.16. The smallest absolute Gasteiger partial charge is 0.124 e. The summed E-state index contributed by atoms with van der Waals surface area (Å²) in [6.45, 7) is 6.37. The molecule has 0 amide bonds. The molecule has 1 N–H and O–H groups in total. The van der Waals surface area contributed by atoms with Gasteiger partial charge in [-0.1, -0.05) is 58.2 Å². The van der Waals surface area contributed by atoms with Crippen molar-refractivity contribution in [3.05, 3.63) is 24.0 Å². The number of nitrogens with one attached hydrogen (secondary N) is 1. The van der Waals surface area contributed by atoms with Gasteiger partial charge in [0.05, 0.1) is 5.37 Å². The van der Waals surface area contributed by atoms with Crippen LogP contribution in [0.2, 0.25) is 0 Å². The number of hydrogen-bond acceptors (Lipinski definition) is 2. The summed E-state index contributed by atoms with van der Waals surface area (Å²) in [6, 6.07) is 5.05. The number of halogens is 1. The Bertz CT molecular complexity index is 441. The summed E-state index contributed by atoms with van der Waals surface area (Å²) in [6.07, 6.45) is 8.12. The third kappa shape index (κ3) is 4.64. The molecule has 118 valence electrons. The molecule has 1 unspecified atom stereocenters. The van der Waals surface area contributed by atoms with E-state index >= 15 is 0 Å². The molecule has 1 aliphatic carbocycles. The van der Waals surface area contributed by atoms with Crippen LogP contribution in [0, 0.1) is 17.7 Å². The molecule has 1 aromatic rings. The van der Waals surface area contributed by atoms with E-state index in [0.717, 1.165) is 22.4 Å². The van der Waals surface area contributed by atoms with Crippen molar-refractivity contribution in [2.24, 2.45) is 11.8 Å². The molecule has 1 heterocycles. The average molecular weight is 309 g/mol. The van der Waals surface area contributed by atoms with Gasteiger partial charge in [-0.05, 0) is 42.9 Å². The zero-order valence-electron chi connectivity index (χ0n) is 13.5. The monoisotopic (exact) mass is 309 g/mol. The van der Waals surface area contributed by atoms with Crippen molar-refractivity contribution in [1.29, 1.82) is 0 Å². The van der Waals surface area contributed by atoms with Crippen LogP contribution in [0.3, 0.4) is 0 Å². The normalized spacial score (nSPS) is 27.3. The number of thioether (sulfide) groups is 1. The van der Waals surface area contributed by atoms with Gasteiger partial charge in [0, 0.05) is 10.6 Å². The number of benzene rings is 1. The summed E-state index contributed by atoms with van der Waals surface area (Å²) in [7, 11) is 0. The highest BCUT2D eigenvalue weighted by Crippen LogP contribution is 2.41. The Morgan fingerprint density at radius 2 is 1.86 bits per heavy atom. The fourth-order valence-corrected chi connectivity index (χ4v) is 4.39. The van der Waals surface area contributed by atoms with E-state index in [1.165, 1.54) is 44.6 Å². The van der Waals surface area contributed by atoms with E-state index in [4.69, 9.17) is 0 Å². The molecular weight excluding hydrogens is 281 g/mol. The number of anilines is 1. The van der Waals surface area contributed by atoms with E-state index < -0.39 is 0 Å². The maximum absolute atomic E-state index is 13.2. The van der Waals surface area contributed by atoms with Gasteiger partial charge in [-0.2, -0.15) is 0 Å². The Balaban J connectivity index is 0.000000774. The zero-order chi connectivity index (χ0) is 15.2. The first-order valence-corrected chi connectivity index (χ1v) is 9.31. The van der Waals surface area contributed by atoms with Crippen LogP contribution in [0.1, 0.15) is 59.3 Å². The Morgan fingerprint density at radius 3 is 2.57 bits per heavy atom. The van der Waals surface area contributed by atoms with Crippen molar-refractivity contribution in [3.8, 4) is 0 Å². The molecular formula is C18H28FNS. The van der Waals surface area contributed by atoms with Crippen molar-refractivity contribution >= 4 is 17.4 Å². The topological polar surface area (TPSA) is 12.0 Å². The van der Waals surface area contributed by atoms with E-state index in [2.05, 4.69) is 12.2 Å². The quantitative estimate of drug-likeness (QED) is 0.703. The fraction of sp³-hybridized carbons (Fsp3) is 0.667. The van der Waals surface area contributed by atoms with Crippen LogP contribution in [0.4, 0.5) is 10.1 Å². The molecule has 2 aliphatic rings. The second-order valence-electron chi connectivity index (χ2n) is 6.09. The van der Waals surface area contributed by atoms with Crippen LogP contribution in [-0.4, -0.2) is 5.37 Å². The van der Waals surface area contributed by atoms with Crippen LogP contribution >= 0.6 is 11.8 Å². The highest BCUT2D eigenvalue weighted by atomic mass is 32.2. The molecule has 21 heavy (non-hydrogen) atoms. The van der Waals surface area contributed by atoms with Crippen LogP contribution in [-0.2, 0) is 0 Å². The lowest BCUT2D eigenvalue weighted by atomic mass is 9.81. The van der Waals surface area contributed by atoms with Crippen LogP contribution in [0.25, 0.3) is 0 Å². The molecule has 3 heteroatoms. The van der Waals surface area contributed by atoms with E-state index in [1.807, 2.05) is 19.9 Å². The largest absolute Gasteiger partial charge is 0.372 e. The number of hydrogen-bond donors (Lipinski definition) is 1. The van der Waals surface area contributed by atoms with Crippen molar-refractivity contribution < 1.29 is 4.39 Å². The molecule has 1 nitrogen and oxygen atoms in total. The van der Waals surface area contributed by atoms with E-state index in [0.29, 0.717) is 5.37 Å². The second-order valence-corrected chi connectivity index (χ2v) is 7.34. The summed E-state index contributed by atoms with van der Waals surface area (Å²) < 4.78 is 13.2. The Kier molecular flexibility index (Phi) is 6.40. The van der Waals surface area contributed by atoms with Crippen molar-refractivity contribution in [1.82, 2.24) is 0 Å². The Labute approximate surface area is 133 Å². The number of rotatable bonds is 3. The molecule has 1 fully saturated rings. The van der Waals surface area contributed by atoms with Gasteiger partial charge in [0.15, 0.2) is 0 Å². The van der Waals surface area contributed by atoms with Crippen LogP contribution in [0.5, 0.6) is 0 Å². The molecule has 1 saturated carbocycles. The lowest BCUT2D eigenvalue weighted by molar-refractivity contribution is 0.274. The summed E-state index contributed by atoms with van der Waals surface area (Å²) in [4.78, 5) is 1.07. The molecule has 3 rings (SSSR count). The van der Waals surface area contributed by atoms with Gasteiger partial charge in [0.25, 0.3) is 0 Å². The molecule has 0 bridgehead atoms. The van der Waals surface area contributed by atoms with Crippen LogP contribution in [0.15, 0.2) is 23.1 Å². The fourth-order valence-electron chi connectivity index (χ4n) is 3.21. The van der Waals surface area contributed by atoms with E-state index in [-0.39, 0.29) is 5.82 Å². The van der Waals surface area contributed by atoms with Gasteiger partial charge < -0.3 is 5.32 Å². The first-order valence-electron chi connectivity index (χ1n) is 8.43. The minimum atomic E-state index is -0.130. The molecule has 1 aliphatic heterocycles. The zero-order valence-corrected chi connectivity index (χ0v) is 14.3. The predicted molar refractivity (Wildman–Crippen MR) is 91.4 cm³/mol. The van der Waals surface area contributed by atoms with E-state index in [1.54, 1.807) is 17.8 Å². The maximum Gasteiger partial charge on any atom is 0.124 e. The Hall–Kier alpha value is -0.700. The molecule has 1 aromatic carbocycles. The van der Waals surface area contributed by atoms with Gasteiger partial charge in [-0.3, -0.25) is 0 Å².